The number of benzene rings is 3. The van der Waals surface area contributed by atoms with Crippen molar-refractivity contribution in [3.63, 3.8) is 0 Å². The molecule has 0 unspecified atom stereocenters. The van der Waals surface area contributed by atoms with Crippen molar-refractivity contribution in [2.45, 2.75) is 13.8 Å². The molecule has 0 spiro atoms. The zero-order chi connectivity index (χ0) is 21.3. The second-order valence-electron chi connectivity index (χ2n) is 7.20. The number of nitrogens with one attached hydrogen (secondary N) is 2. The number of amides is 2. The number of carbonyl (C=O) groups is 2. The zero-order valence-corrected chi connectivity index (χ0v) is 16.7. The lowest BCUT2D eigenvalue weighted by Gasteiger charge is -2.07. The molecule has 0 saturated heterocycles. The van der Waals surface area contributed by atoms with E-state index in [1.807, 2.05) is 43.3 Å². The smallest absolute Gasteiger partial charge is 0.287 e. The van der Waals surface area contributed by atoms with E-state index in [1.54, 1.807) is 19.1 Å². The van der Waals surface area contributed by atoms with Gasteiger partial charge in [-0.15, -0.1) is 0 Å². The largest absolute Gasteiger partial charge is 0.450 e. The summed E-state index contributed by atoms with van der Waals surface area (Å²) in [6.07, 6.45) is 0. The highest BCUT2D eigenvalue weighted by atomic mass is 19.1. The molecule has 5 nitrogen and oxygen atoms in total. The number of rotatable bonds is 5. The van der Waals surface area contributed by atoms with Crippen LogP contribution >= 0.6 is 0 Å². The Balaban J connectivity index is 1.41. The monoisotopic (exact) mass is 404 g/mol. The number of hydrogen-bond acceptors (Lipinski definition) is 3. The standard InChI is InChI=1S/C24H21FN2O3/c1-14-7-8-17(13-20(14)25)23(28)26-11-12-27-24(29)21-15(2)18-10-9-16-5-3-4-6-19(16)22(18)30-21/h3-10,13H,11-12H2,1-2H3,(H,26,28)(H,27,29). The SMILES string of the molecule is Cc1ccc(C(=O)NCCNC(=O)c2oc3c(ccc4ccccc43)c2C)cc1F. The molecule has 1 heterocycles. The van der Waals surface area contributed by atoms with E-state index >= 15 is 0 Å². The van der Waals surface area contributed by atoms with E-state index in [1.165, 1.54) is 6.07 Å². The lowest BCUT2D eigenvalue weighted by atomic mass is 10.1. The van der Waals surface area contributed by atoms with E-state index in [0.29, 0.717) is 11.1 Å². The van der Waals surface area contributed by atoms with Crippen molar-refractivity contribution in [3.05, 3.63) is 82.9 Å². The molecule has 3 aromatic carbocycles. The molecule has 0 aliphatic rings. The van der Waals surface area contributed by atoms with Gasteiger partial charge in [0.15, 0.2) is 5.76 Å². The molecule has 0 bridgehead atoms. The maximum Gasteiger partial charge on any atom is 0.287 e. The highest BCUT2D eigenvalue weighted by molar-refractivity contribution is 6.08. The molecular formula is C24H21FN2O3. The van der Waals surface area contributed by atoms with Gasteiger partial charge in [-0.3, -0.25) is 9.59 Å². The Hall–Kier alpha value is -3.67. The van der Waals surface area contributed by atoms with Crippen molar-refractivity contribution < 1.29 is 18.4 Å². The average Bonchev–Trinajstić information content (AvgIpc) is 3.10. The van der Waals surface area contributed by atoms with Gasteiger partial charge in [-0.2, -0.15) is 0 Å². The van der Waals surface area contributed by atoms with Gasteiger partial charge in [0.25, 0.3) is 11.8 Å². The molecule has 1 aromatic heterocycles. The summed E-state index contributed by atoms with van der Waals surface area (Å²) in [6.45, 7) is 3.91. The molecule has 4 rings (SSSR count). The highest BCUT2D eigenvalue weighted by Crippen LogP contribution is 2.31. The summed E-state index contributed by atoms with van der Waals surface area (Å²) in [5, 5.41) is 8.31. The lowest BCUT2D eigenvalue weighted by Crippen LogP contribution is -2.34. The Morgan fingerprint density at radius 3 is 2.40 bits per heavy atom. The molecule has 0 radical (unpaired) electrons. The Morgan fingerprint density at radius 2 is 1.63 bits per heavy atom. The van der Waals surface area contributed by atoms with E-state index in [0.717, 1.165) is 21.7 Å². The third-order valence-corrected chi connectivity index (χ3v) is 5.16. The fraction of sp³-hybridized carbons (Fsp3) is 0.167. The minimum absolute atomic E-state index is 0.211. The maximum absolute atomic E-state index is 13.6. The van der Waals surface area contributed by atoms with Crippen molar-refractivity contribution in [2.24, 2.45) is 0 Å². The van der Waals surface area contributed by atoms with Crippen LogP contribution in [0.1, 0.15) is 32.0 Å². The first-order valence-corrected chi connectivity index (χ1v) is 9.69. The first-order valence-electron chi connectivity index (χ1n) is 9.69. The van der Waals surface area contributed by atoms with E-state index in [9.17, 15) is 14.0 Å². The first kappa shape index (κ1) is 19.6. The van der Waals surface area contributed by atoms with Gasteiger partial charge in [-0.1, -0.05) is 42.5 Å². The molecule has 0 atom stereocenters. The van der Waals surface area contributed by atoms with Gasteiger partial charge in [0, 0.05) is 35.0 Å². The molecule has 0 aliphatic heterocycles. The fourth-order valence-electron chi connectivity index (χ4n) is 3.43. The predicted molar refractivity (Wildman–Crippen MR) is 114 cm³/mol. The van der Waals surface area contributed by atoms with Crippen LogP contribution in [0.3, 0.4) is 0 Å². The van der Waals surface area contributed by atoms with Crippen LogP contribution in [-0.2, 0) is 0 Å². The third-order valence-electron chi connectivity index (χ3n) is 5.16. The van der Waals surface area contributed by atoms with Crippen molar-refractivity contribution in [3.8, 4) is 0 Å². The molecule has 6 heteroatoms. The quantitative estimate of drug-likeness (QED) is 0.481. The predicted octanol–water partition coefficient (Wildman–Crippen LogP) is 4.50. The van der Waals surface area contributed by atoms with Crippen LogP contribution in [0.15, 0.2) is 59.0 Å². The summed E-state index contributed by atoms with van der Waals surface area (Å²) in [5.41, 5.74) is 2.18. The normalized spacial score (nSPS) is 11.0. The summed E-state index contributed by atoms with van der Waals surface area (Å²) < 4.78 is 19.5. The lowest BCUT2D eigenvalue weighted by molar-refractivity contribution is 0.0911. The number of hydrogen-bond donors (Lipinski definition) is 2. The third kappa shape index (κ3) is 3.64. The summed E-state index contributed by atoms with van der Waals surface area (Å²) in [5.74, 6) is -0.907. The topological polar surface area (TPSA) is 71.3 Å². The van der Waals surface area contributed by atoms with Crippen LogP contribution in [0, 0.1) is 19.7 Å². The van der Waals surface area contributed by atoms with Crippen molar-refractivity contribution in [2.75, 3.05) is 13.1 Å². The van der Waals surface area contributed by atoms with Gasteiger partial charge >= 0.3 is 0 Å². The van der Waals surface area contributed by atoms with Crippen LogP contribution in [0.2, 0.25) is 0 Å². The molecule has 4 aromatic rings. The second-order valence-corrected chi connectivity index (χ2v) is 7.20. The van der Waals surface area contributed by atoms with Gasteiger partial charge in [-0.25, -0.2) is 4.39 Å². The minimum atomic E-state index is -0.427. The Labute approximate surface area is 172 Å². The fourth-order valence-corrected chi connectivity index (χ4v) is 3.43. The highest BCUT2D eigenvalue weighted by Gasteiger charge is 2.18. The van der Waals surface area contributed by atoms with E-state index in [4.69, 9.17) is 4.42 Å². The van der Waals surface area contributed by atoms with E-state index < -0.39 is 11.7 Å². The Kier molecular flexibility index (Phi) is 5.23. The van der Waals surface area contributed by atoms with Gasteiger partial charge in [0.05, 0.1) is 0 Å². The Bertz CT molecular complexity index is 1280. The zero-order valence-electron chi connectivity index (χ0n) is 16.7. The summed E-state index contributed by atoms with van der Waals surface area (Å²) in [4.78, 5) is 24.7. The van der Waals surface area contributed by atoms with Crippen LogP contribution in [0.5, 0.6) is 0 Å². The Morgan fingerprint density at radius 1 is 0.900 bits per heavy atom. The molecule has 2 N–H and O–H groups in total. The second kappa shape index (κ2) is 7.99. The van der Waals surface area contributed by atoms with Gasteiger partial charge in [-0.05, 0) is 36.9 Å². The average molecular weight is 404 g/mol. The number of furan rings is 1. The summed E-state index contributed by atoms with van der Waals surface area (Å²) in [7, 11) is 0. The minimum Gasteiger partial charge on any atom is -0.450 e. The molecule has 152 valence electrons. The van der Waals surface area contributed by atoms with Crippen LogP contribution in [0.25, 0.3) is 21.7 Å². The number of halogens is 1. The van der Waals surface area contributed by atoms with Crippen molar-refractivity contribution in [1.82, 2.24) is 10.6 Å². The van der Waals surface area contributed by atoms with Crippen LogP contribution in [0.4, 0.5) is 4.39 Å². The molecule has 0 aliphatic carbocycles. The first-order chi connectivity index (χ1) is 14.5. The molecule has 0 saturated carbocycles. The molecule has 30 heavy (non-hydrogen) atoms. The summed E-state index contributed by atoms with van der Waals surface area (Å²) in [6, 6.07) is 16.1. The maximum atomic E-state index is 13.6. The van der Waals surface area contributed by atoms with E-state index in [-0.39, 0.29) is 30.3 Å². The van der Waals surface area contributed by atoms with Gasteiger partial charge in [0.2, 0.25) is 0 Å². The van der Waals surface area contributed by atoms with E-state index in [2.05, 4.69) is 10.6 Å². The van der Waals surface area contributed by atoms with Crippen molar-refractivity contribution >= 4 is 33.6 Å². The molecular weight excluding hydrogens is 383 g/mol. The van der Waals surface area contributed by atoms with Crippen molar-refractivity contribution in [1.29, 1.82) is 0 Å². The number of carbonyl (C=O) groups excluding carboxylic acids is 2. The molecule has 2 amide bonds. The molecule has 0 fully saturated rings. The number of fused-ring (bicyclic) bond motifs is 3. The summed E-state index contributed by atoms with van der Waals surface area (Å²) >= 11 is 0. The van der Waals surface area contributed by atoms with Crippen LogP contribution in [-0.4, -0.2) is 24.9 Å². The van der Waals surface area contributed by atoms with Gasteiger partial charge < -0.3 is 15.1 Å². The van der Waals surface area contributed by atoms with Crippen LogP contribution < -0.4 is 10.6 Å². The number of aryl methyl sites for hydroxylation is 2. The van der Waals surface area contributed by atoms with Gasteiger partial charge in [0.1, 0.15) is 11.4 Å².